The molecular weight excluding hydrogens is 897 g/mol. The number of hydrogen-bond acceptors (Lipinski definition) is 4. The van der Waals surface area contributed by atoms with Gasteiger partial charge in [0.05, 0.1) is 11.5 Å². The Morgan fingerprint density at radius 2 is 0.879 bits per heavy atom. The van der Waals surface area contributed by atoms with E-state index in [1.807, 2.05) is 54.6 Å². The second kappa shape index (κ2) is 17.3. The number of sulfonamides is 2. The molecule has 5 fully saturated rings. The van der Waals surface area contributed by atoms with Gasteiger partial charge in [-0.1, -0.05) is 106 Å². The summed E-state index contributed by atoms with van der Waals surface area (Å²) in [5.41, 5.74) is 4.58. The lowest BCUT2D eigenvalue weighted by atomic mass is 9.63. The van der Waals surface area contributed by atoms with E-state index >= 15 is 0 Å². The van der Waals surface area contributed by atoms with E-state index in [2.05, 4.69) is 24.3 Å². The van der Waals surface area contributed by atoms with Gasteiger partial charge in [0, 0.05) is 56.3 Å². The molecule has 3 saturated carbocycles. The summed E-state index contributed by atoms with van der Waals surface area (Å²) in [7, 11) is -6.36. The molecule has 2 saturated heterocycles. The number of fused-ring (bicyclic) bond motifs is 2. The molecule has 6 nitrogen and oxygen atoms in total. The fourth-order valence-corrected chi connectivity index (χ4v) is 14.8. The van der Waals surface area contributed by atoms with Gasteiger partial charge < -0.3 is 0 Å². The molecule has 0 amide bonds. The highest BCUT2D eigenvalue weighted by Gasteiger charge is 2.51. The van der Waals surface area contributed by atoms with E-state index in [0.29, 0.717) is 68.2 Å². The van der Waals surface area contributed by atoms with Gasteiger partial charge in [-0.05, 0) is 157 Å². The lowest BCUT2D eigenvalue weighted by molar-refractivity contribution is 0.228. The van der Waals surface area contributed by atoms with Crippen molar-refractivity contribution in [3.8, 4) is 0 Å². The fourth-order valence-electron chi connectivity index (χ4n) is 10.6. The second-order valence-electron chi connectivity index (χ2n) is 16.8. The molecule has 0 radical (unpaired) electrons. The third-order valence-corrected chi connectivity index (χ3v) is 18.6. The molecular formula is C44H46Cl6N2O4S2. The summed E-state index contributed by atoms with van der Waals surface area (Å²) >= 11 is 37.7. The maximum absolute atomic E-state index is 12.9. The van der Waals surface area contributed by atoms with Crippen LogP contribution in [0.4, 0.5) is 0 Å². The molecule has 2 heterocycles. The van der Waals surface area contributed by atoms with Crippen molar-refractivity contribution in [1.29, 1.82) is 0 Å². The number of halogens is 6. The van der Waals surface area contributed by atoms with Crippen LogP contribution in [0.15, 0.2) is 84.9 Å². The van der Waals surface area contributed by atoms with Crippen molar-refractivity contribution >= 4 is 89.7 Å². The minimum atomic E-state index is -3.20. The molecule has 9 rings (SSSR count). The third-order valence-electron chi connectivity index (χ3n) is 13.4. The molecule has 0 bridgehead atoms. The Balaban J connectivity index is 0.000000162. The average molecular weight is 944 g/mol. The molecule has 0 unspecified atom stereocenters. The molecule has 14 heteroatoms. The molecule has 8 atom stereocenters. The minimum Gasteiger partial charge on any atom is -0.213 e. The highest BCUT2D eigenvalue weighted by molar-refractivity contribution is 7.90. The van der Waals surface area contributed by atoms with E-state index in [0.717, 1.165) is 49.7 Å². The van der Waals surface area contributed by atoms with E-state index in [-0.39, 0.29) is 40.8 Å². The zero-order valence-corrected chi connectivity index (χ0v) is 38.1. The molecule has 4 aromatic carbocycles. The highest BCUT2D eigenvalue weighted by Crippen LogP contribution is 2.56. The first-order valence-corrected chi connectivity index (χ1v) is 25.5. The van der Waals surface area contributed by atoms with Crippen molar-refractivity contribution in [2.45, 2.75) is 67.4 Å². The molecule has 3 aliphatic carbocycles. The standard InChI is InChI=1S/C23H24Cl3NO2S.C21H22Cl3NO2S/c24-16-4-1-14(2-5-16)23-20(19-10-6-17(25)11-22(19)26)9-3-15-12-27(13-21(15)23)30(28,29)18-7-8-18;1-28(26,27)25-11-14-4-8-18(17-9-7-16(23)10-20(17)24)21(19(14)12-25)13-2-5-15(22)6-3-13/h1-2,4-6,10-11,15,18,20-21,23H,3,7-9,12-13H2;2-3,5-7,9-10,14,18-19,21H,4,8,11-12H2,1H3/t15-,20-,21+,23-;14-,18-,19+,21-/m00/s1. The van der Waals surface area contributed by atoms with Crippen LogP contribution >= 0.6 is 69.6 Å². The molecule has 0 N–H and O–H groups in total. The van der Waals surface area contributed by atoms with Crippen molar-refractivity contribution < 1.29 is 16.8 Å². The minimum absolute atomic E-state index is 0.159. The summed E-state index contributed by atoms with van der Waals surface area (Å²) < 4.78 is 53.7. The lowest BCUT2D eigenvalue weighted by Gasteiger charge is -2.40. The normalized spacial score (nSPS) is 29.0. The number of nitrogens with zero attached hydrogens (tertiary/aromatic N) is 2. The first-order chi connectivity index (χ1) is 27.6. The number of rotatable bonds is 7. The lowest BCUT2D eigenvalue weighted by Crippen LogP contribution is -2.33. The van der Waals surface area contributed by atoms with Crippen LogP contribution in [0.2, 0.25) is 30.1 Å². The molecule has 0 spiro atoms. The highest BCUT2D eigenvalue weighted by atomic mass is 35.5. The Hall–Kier alpha value is -1.56. The Kier molecular flexibility index (Phi) is 12.9. The first-order valence-electron chi connectivity index (χ1n) is 19.9. The van der Waals surface area contributed by atoms with E-state index in [4.69, 9.17) is 69.6 Å². The summed E-state index contributed by atoms with van der Waals surface area (Å²) in [5.74, 6) is 2.07. The summed E-state index contributed by atoms with van der Waals surface area (Å²) in [4.78, 5) is 0. The van der Waals surface area contributed by atoms with E-state index < -0.39 is 20.0 Å². The summed E-state index contributed by atoms with van der Waals surface area (Å²) in [6.07, 6.45) is 6.85. The molecule has 0 aromatic heterocycles. The zero-order valence-electron chi connectivity index (χ0n) is 32.0. The quantitative estimate of drug-likeness (QED) is 0.185. The van der Waals surface area contributed by atoms with Gasteiger partial charge >= 0.3 is 0 Å². The Bertz CT molecular complexity index is 2360. The zero-order chi connectivity index (χ0) is 41.1. The van der Waals surface area contributed by atoms with Crippen LogP contribution in [-0.2, 0) is 20.0 Å². The van der Waals surface area contributed by atoms with Crippen molar-refractivity contribution in [2.24, 2.45) is 23.7 Å². The van der Waals surface area contributed by atoms with Crippen LogP contribution in [0.5, 0.6) is 0 Å². The van der Waals surface area contributed by atoms with Crippen LogP contribution < -0.4 is 0 Å². The first kappa shape index (κ1) is 43.1. The molecule has 58 heavy (non-hydrogen) atoms. The summed E-state index contributed by atoms with van der Waals surface area (Å²) in [6, 6.07) is 27.4. The van der Waals surface area contributed by atoms with E-state index in [1.165, 1.54) is 17.4 Å². The van der Waals surface area contributed by atoms with E-state index in [1.54, 1.807) is 14.7 Å². The smallest absolute Gasteiger partial charge is 0.213 e. The SMILES string of the molecule is CS(=O)(=O)N1C[C@@H]2CC[C@@H](c3ccc(Cl)cc3Cl)[C@H](c3ccc(Cl)cc3)[C@@H]2C1.O=S(=O)(C1CC1)N1C[C@@H]2CC[C@@H](c3ccc(Cl)cc3Cl)[C@H](c3ccc(Cl)cc3)[C@@H]2C1. The van der Waals surface area contributed by atoms with Gasteiger partial charge in [0.15, 0.2) is 0 Å². The van der Waals surface area contributed by atoms with E-state index in [9.17, 15) is 16.8 Å². The van der Waals surface area contributed by atoms with Crippen LogP contribution in [0.3, 0.4) is 0 Å². The summed E-state index contributed by atoms with van der Waals surface area (Å²) in [6.45, 7) is 2.40. The van der Waals surface area contributed by atoms with Crippen molar-refractivity contribution in [2.75, 3.05) is 32.4 Å². The van der Waals surface area contributed by atoms with Gasteiger partial charge in [-0.2, -0.15) is 0 Å². The topological polar surface area (TPSA) is 74.8 Å². The Morgan fingerprint density at radius 3 is 1.28 bits per heavy atom. The summed E-state index contributed by atoms with van der Waals surface area (Å²) in [5, 5.41) is 3.85. The largest absolute Gasteiger partial charge is 0.217 e. The number of hydrogen-bond donors (Lipinski definition) is 0. The number of benzene rings is 4. The molecule has 310 valence electrons. The van der Waals surface area contributed by atoms with Gasteiger partial charge in [0.1, 0.15) is 0 Å². The van der Waals surface area contributed by atoms with Crippen LogP contribution in [0, 0.1) is 23.7 Å². The van der Waals surface area contributed by atoms with Gasteiger partial charge in [-0.25, -0.2) is 25.4 Å². The average Bonchev–Trinajstić information content (AvgIpc) is 3.80. The van der Waals surface area contributed by atoms with Crippen molar-refractivity contribution in [3.63, 3.8) is 0 Å². The van der Waals surface area contributed by atoms with Gasteiger partial charge in [-0.3, -0.25) is 0 Å². The maximum atomic E-state index is 12.9. The molecule has 4 aromatic rings. The van der Waals surface area contributed by atoms with Crippen molar-refractivity contribution in [1.82, 2.24) is 8.61 Å². The monoisotopic (exact) mass is 940 g/mol. The van der Waals surface area contributed by atoms with Gasteiger partial charge in [-0.15, -0.1) is 0 Å². The third kappa shape index (κ3) is 9.00. The van der Waals surface area contributed by atoms with Crippen LogP contribution in [0.25, 0.3) is 0 Å². The van der Waals surface area contributed by atoms with Gasteiger partial charge in [0.25, 0.3) is 0 Å². The van der Waals surface area contributed by atoms with Crippen molar-refractivity contribution in [3.05, 3.63) is 137 Å². The molecule has 2 aliphatic heterocycles. The Morgan fingerprint density at radius 1 is 0.483 bits per heavy atom. The fraction of sp³-hybridized carbons (Fsp3) is 0.455. The van der Waals surface area contributed by atoms with Crippen LogP contribution in [-0.4, -0.2) is 63.1 Å². The maximum Gasteiger partial charge on any atom is 0.217 e. The second-order valence-corrected chi connectivity index (χ2v) is 23.6. The Labute approximate surface area is 373 Å². The molecule has 5 aliphatic rings. The van der Waals surface area contributed by atoms with Gasteiger partial charge in [0.2, 0.25) is 20.0 Å². The predicted octanol–water partition coefficient (Wildman–Crippen LogP) is 12.2. The van der Waals surface area contributed by atoms with Crippen LogP contribution in [0.1, 0.15) is 84.5 Å². The predicted molar refractivity (Wildman–Crippen MR) is 239 cm³/mol.